The summed E-state index contributed by atoms with van der Waals surface area (Å²) in [6, 6.07) is 3.89. The summed E-state index contributed by atoms with van der Waals surface area (Å²) in [5.74, 6) is 1.65. The normalized spacial score (nSPS) is 10.2. The van der Waals surface area contributed by atoms with E-state index >= 15 is 0 Å². The molecule has 4 nitrogen and oxygen atoms in total. The van der Waals surface area contributed by atoms with Gasteiger partial charge in [0.1, 0.15) is 11.5 Å². The van der Waals surface area contributed by atoms with Gasteiger partial charge in [-0.3, -0.25) is 0 Å². The topological polar surface area (TPSA) is 39.7 Å². The van der Waals surface area contributed by atoms with Crippen LogP contribution in [0.15, 0.2) is 12.1 Å². The molecule has 1 N–H and O–H groups in total. The average molecular weight is 225 g/mol. The van der Waals surface area contributed by atoms with E-state index in [9.17, 15) is 0 Å². The van der Waals surface area contributed by atoms with Crippen LogP contribution in [0.2, 0.25) is 0 Å². The van der Waals surface area contributed by atoms with Gasteiger partial charge in [-0.1, -0.05) is 6.92 Å². The second kappa shape index (κ2) is 6.35. The van der Waals surface area contributed by atoms with Gasteiger partial charge in [-0.15, -0.1) is 0 Å². The van der Waals surface area contributed by atoms with Crippen molar-refractivity contribution in [3.63, 3.8) is 0 Å². The second-order valence-electron chi connectivity index (χ2n) is 3.35. The Morgan fingerprint density at radius 3 is 2.38 bits per heavy atom. The van der Waals surface area contributed by atoms with E-state index < -0.39 is 0 Å². The summed E-state index contributed by atoms with van der Waals surface area (Å²) in [6.07, 6.45) is 0.911. The highest BCUT2D eigenvalue weighted by atomic mass is 16.6. The Balaban J connectivity index is 3.09. The van der Waals surface area contributed by atoms with Crippen LogP contribution in [-0.4, -0.2) is 21.3 Å². The largest absolute Gasteiger partial charge is 0.497 e. The van der Waals surface area contributed by atoms with Gasteiger partial charge in [0.2, 0.25) is 0 Å². The van der Waals surface area contributed by atoms with E-state index in [1.54, 1.807) is 21.3 Å². The lowest BCUT2D eigenvalue weighted by Crippen LogP contribution is -2.13. The molecule has 0 fully saturated rings. The Kier molecular flexibility index (Phi) is 5.08. The Bertz CT molecular complexity index is 339. The van der Waals surface area contributed by atoms with Gasteiger partial charge in [-0.25, -0.2) is 0 Å². The Morgan fingerprint density at radius 2 is 1.88 bits per heavy atom. The molecule has 0 saturated carbocycles. The molecule has 0 bridgehead atoms. The van der Waals surface area contributed by atoms with E-state index in [0.29, 0.717) is 6.54 Å². The highest BCUT2D eigenvalue weighted by Crippen LogP contribution is 2.29. The van der Waals surface area contributed by atoms with Crippen molar-refractivity contribution in [3.8, 4) is 11.5 Å². The van der Waals surface area contributed by atoms with Crippen molar-refractivity contribution in [2.75, 3.05) is 21.3 Å². The molecular weight excluding hydrogens is 206 g/mol. The van der Waals surface area contributed by atoms with Gasteiger partial charge in [0.15, 0.2) is 0 Å². The zero-order valence-electron chi connectivity index (χ0n) is 10.3. The van der Waals surface area contributed by atoms with Crippen molar-refractivity contribution in [3.05, 3.63) is 23.3 Å². The molecule has 0 aromatic heterocycles. The SMILES string of the molecule is CCc1c(CNOC)cc(OC)cc1OC. The molecule has 0 unspecified atom stereocenters. The fraction of sp³-hybridized carbons (Fsp3) is 0.500. The lowest BCUT2D eigenvalue weighted by atomic mass is 10.0. The van der Waals surface area contributed by atoms with Crippen LogP contribution >= 0.6 is 0 Å². The third kappa shape index (κ3) is 2.87. The Hall–Kier alpha value is -1.26. The zero-order valence-corrected chi connectivity index (χ0v) is 10.3. The van der Waals surface area contributed by atoms with Crippen LogP contribution < -0.4 is 15.0 Å². The van der Waals surface area contributed by atoms with Crippen molar-refractivity contribution in [2.45, 2.75) is 19.9 Å². The number of benzene rings is 1. The molecular formula is C12H19NO3. The molecule has 0 saturated heterocycles. The standard InChI is InChI=1S/C12H19NO3/c1-5-11-9(8-13-16-4)6-10(14-2)7-12(11)15-3/h6-7,13H,5,8H2,1-4H3. The third-order valence-corrected chi connectivity index (χ3v) is 2.49. The summed E-state index contributed by atoms with van der Waals surface area (Å²) in [5, 5.41) is 0. The third-order valence-electron chi connectivity index (χ3n) is 2.49. The number of hydrogen-bond acceptors (Lipinski definition) is 4. The van der Waals surface area contributed by atoms with Gasteiger partial charge in [-0.2, -0.15) is 5.48 Å². The van der Waals surface area contributed by atoms with Crippen molar-refractivity contribution >= 4 is 0 Å². The van der Waals surface area contributed by atoms with Crippen LogP contribution in [0.1, 0.15) is 18.1 Å². The summed E-state index contributed by atoms with van der Waals surface area (Å²) in [6.45, 7) is 2.73. The quantitative estimate of drug-likeness (QED) is 0.751. The molecule has 0 spiro atoms. The summed E-state index contributed by atoms with van der Waals surface area (Å²) in [5.41, 5.74) is 5.13. The minimum atomic E-state index is 0.632. The van der Waals surface area contributed by atoms with Crippen LogP contribution in [-0.2, 0) is 17.8 Å². The van der Waals surface area contributed by atoms with Gasteiger partial charge in [0.25, 0.3) is 0 Å². The predicted molar refractivity (Wildman–Crippen MR) is 62.8 cm³/mol. The number of ether oxygens (including phenoxy) is 2. The number of hydrogen-bond donors (Lipinski definition) is 1. The molecule has 16 heavy (non-hydrogen) atoms. The van der Waals surface area contributed by atoms with E-state index in [1.807, 2.05) is 12.1 Å². The Morgan fingerprint density at radius 1 is 1.12 bits per heavy atom. The fourth-order valence-corrected chi connectivity index (χ4v) is 1.68. The van der Waals surface area contributed by atoms with Crippen LogP contribution in [0.4, 0.5) is 0 Å². The minimum absolute atomic E-state index is 0.632. The van der Waals surface area contributed by atoms with Crippen molar-refractivity contribution < 1.29 is 14.3 Å². The van der Waals surface area contributed by atoms with Gasteiger partial charge in [-0.05, 0) is 23.6 Å². The van der Waals surface area contributed by atoms with E-state index in [4.69, 9.17) is 14.3 Å². The molecule has 0 radical (unpaired) electrons. The first-order chi connectivity index (χ1) is 7.76. The minimum Gasteiger partial charge on any atom is -0.497 e. The average Bonchev–Trinajstić information content (AvgIpc) is 2.34. The molecule has 0 amide bonds. The molecule has 0 aliphatic carbocycles. The van der Waals surface area contributed by atoms with E-state index in [0.717, 1.165) is 23.5 Å². The lowest BCUT2D eigenvalue weighted by molar-refractivity contribution is 0.0864. The van der Waals surface area contributed by atoms with Gasteiger partial charge in [0, 0.05) is 12.6 Å². The molecule has 4 heteroatoms. The first-order valence-electron chi connectivity index (χ1n) is 5.26. The van der Waals surface area contributed by atoms with Crippen molar-refractivity contribution in [2.24, 2.45) is 0 Å². The summed E-state index contributed by atoms with van der Waals surface area (Å²) < 4.78 is 10.6. The zero-order chi connectivity index (χ0) is 12.0. The molecule has 1 aromatic carbocycles. The van der Waals surface area contributed by atoms with Gasteiger partial charge >= 0.3 is 0 Å². The maximum atomic E-state index is 5.35. The molecule has 0 aliphatic rings. The Labute approximate surface area is 96.5 Å². The lowest BCUT2D eigenvalue weighted by Gasteiger charge is -2.14. The summed E-state index contributed by atoms with van der Waals surface area (Å²) >= 11 is 0. The second-order valence-corrected chi connectivity index (χ2v) is 3.35. The summed E-state index contributed by atoms with van der Waals surface area (Å²) in [4.78, 5) is 4.86. The number of rotatable bonds is 6. The molecule has 0 heterocycles. The molecule has 0 atom stereocenters. The maximum Gasteiger partial charge on any atom is 0.126 e. The monoisotopic (exact) mass is 225 g/mol. The van der Waals surface area contributed by atoms with E-state index in [2.05, 4.69) is 12.4 Å². The highest BCUT2D eigenvalue weighted by molar-refractivity contribution is 5.46. The smallest absolute Gasteiger partial charge is 0.126 e. The number of methoxy groups -OCH3 is 2. The fourth-order valence-electron chi connectivity index (χ4n) is 1.68. The maximum absolute atomic E-state index is 5.35. The van der Waals surface area contributed by atoms with Gasteiger partial charge < -0.3 is 14.3 Å². The highest BCUT2D eigenvalue weighted by Gasteiger charge is 2.10. The number of nitrogens with one attached hydrogen (secondary N) is 1. The van der Waals surface area contributed by atoms with Crippen LogP contribution in [0, 0.1) is 0 Å². The van der Waals surface area contributed by atoms with Crippen LogP contribution in [0.5, 0.6) is 11.5 Å². The van der Waals surface area contributed by atoms with E-state index in [-0.39, 0.29) is 0 Å². The molecule has 1 rings (SSSR count). The van der Waals surface area contributed by atoms with Gasteiger partial charge in [0.05, 0.1) is 21.3 Å². The van der Waals surface area contributed by atoms with E-state index in [1.165, 1.54) is 5.56 Å². The first kappa shape index (κ1) is 12.8. The van der Waals surface area contributed by atoms with Crippen molar-refractivity contribution in [1.29, 1.82) is 0 Å². The summed E-state index contributed by atoms with van der Waals surface area (Å²) in [7, 11) is 4.92. The molecule has 90 valence electrons. The van der Waals surface area contributed by atoms with Crippen LogP contribution in [0.25, 0.3) is 0 Å². The molecule has 0 aliphatic heterocycles. The van der Waals surface area contributed by atoms with Crippen LogP contribution in [0.3, 0.4) is 0 Å². The van der Waals surface area contributed by atoms with Crippen molar-refractivity contribution in [1.82, 2.24) is 5.48 Å². The molecule has 1 aromatic rings. The number of hydroxylamine groups is 1. The predicted octanol–water partition coefficient (Wildman–Crippen LogP) is 1.92. The first-order valence-corrected chi connectivity index (χ1v) is 5.26.